The highest BCUT2D eigenvalue weighted by Gasteiger charge is 2.30. The Balaban J connectivity index is 5.35. The van der Waals surface area contributed by atoms with Crippen molar-refractivity contribution >= 4 is 39.5 Å². The maximum atomic E-state index is 13.1. The molecule has 0 fully saturated rings. The molecule has 17 nitrogen and oxygen atoms in total. The summed E-state index contributed by atoms with van der Waals surface area (Å²) in [6.45, 7) is 4.93. The van der Waals surface area contributed by atoms with Crippen LogP contribution in [0.5, 0.6) is 0 Å². The molecule has 2 unspecified atom stereocenters. The van der Waals surface area contributed by atoms with Gasteiger partial charge in [0.05, 0.1) is 26.4 Å². The van der Waals surface area contributed by atoms with E-state index in [4.69, 9.17) is 37.0 Å². The van der Waals surface area contributed by atoms with Gasteiger partial charge in [-0.1, -0.05) is 385 Å². The fourth-order valence-electron chi connectivity index (χ4n) is 12.6. The zero-order valence-corrected chi connectivity index (χ0v) is 70.2. The van der Waals surface area contributed by atoms with Crippen molar-refractivity contribution in [3.05, 3.63) is 48.6 Å². The lowest BCUT2D eigenvalue weighted by molar-refractivity contribution is -0.161. The number of phosphoric acid groups is 2. The van der Waals surface area contributed by atoms with Crippen LogP contribution in [0.4, 0.5) is 0 Å². The van der Waals surface area contributed by atoms with Crippen molar-refractivity contribution in [1.82, 2.24) is 0 Å². The average Bonchev–Trinajstić information content (AvgIpc) is 0.902. The van der Waals surface area contributed by atoms with Crippen molar-refractivity contribution < 1.29 is 80.2 Å². The normalized spacial score (nSPS) is 14.0. The standard InChI is InChI=1S/C87H162O17P2/c1-5-9-13-17-21-25-29-33-37-40-44-47-51-55-59-63-67-71-84(89)97-77-82(103-86(91)73-69-65-61-57-53-49-43-36-32-28-24-20-16-12-8-4)79-101-105(93,94)99-75-81(88)76-100-106(95,96)102-80-83(104-87(92)74-70-66-62-58-54-50-46-42-39-35-31-27-23-19-15-11-7-3)78-98-85(90)72-68-64-60-56-52-48-45-41-38-34-30-26-22-18-14-10-6-2/h22,26,34,38,45,48,56,60,81-83,88H,5-21,23-25,27-33,35-37,39-44,46-47,49-55,57-59,61-80H2,1-4H3,(H,93,94)(H,95,96)/b26-22-,38-34-,48-45-,60-56-/t81-,82+,83+/m0/s1. The van der Waals surface area contributed by atoms with Crippen molar-refractivity contribution in [3.8, 4) is 0 Å². The molecule has 3 N–H and O–H groups in total. The number of aliphatic hydroxyl groups is 1. The molecule has 0 aromatic rings. The third-order valence-corrected chi connectivity index (χ3v) is 21.2. The second-order valence-electron chi connectivity index (χ2n) is 29.9. The fourth-order valence-corrected chi connectivity index (χ4v) is 14.2. The third-order valence-electron chi connectivity index (χ3n) is 19.3. The van der Waals surface area contributed by atoms with E-state index < -0.39 is 97.5 Å². The van der Waals surface area contributed by atoms with E-state index in [0.717, 1.165) is 96.3 Å². The largest absolute Gasteiger partial charge is 0.472 e. The number of carbonyl (C=O) groups excluding carboxylic acids is 4. The molecule has 106 heavy (non-hydrogen) atoms. The van der Waals surface area contributed by atoms with Gasteiger partial charge in [-0.3, -0.25) is 37.3 Å². The molecular weight excluding hydrogens is 1380 g/mol. The number of aliphatic hydroxyl groups excluding tert-OH is 1. The van der Waals surface area contributed by atoms with Gasteiger partial charge in [-0.2, -0.15) is 0 Å². The van der Waals surface area contributed by atoms with Crippen molar-refractivity contribution in [2.75, 3.05) is 39.6 Å². The van der Waals surface area contributed by atoms with Crippen molar-refractivity contribution in [2.24, 2.45) is 0 Å². The fraction of sp³-hybridized carbons (Fsp3) is 0.862. The van der Waals surface area contributed by atoms with Crippen molar-refractivity contribution in [1.29, 1.82) is 0 Å². The number of carbonyl (C=O) groups is 4. The van der Waals surface area contributed by atoms with E-state index in [9.17, 15) is 43.2 Å². The first kappa shape index (κ1) is 103. The van der Waals surface area contributed by atoms with Gasteiger partial charge in [0, 0.05) is 25.7 Å². The molecule has 0 saturated carbocycles. The first-order valence-electron chi connectivity index (χ1n) is 43.9. The zero-order valence-electron chi connectivity index (χ0n) is 68.4. The molecule has 0 aliphatic carbocycles. The number of allylic oxidation sites excluding steroid dienone is 8. The number of rotatable bonds is 84. The number of unbranched alkanes of at least 4 members (excludes halogenated alkanes) is 50. The highest BCUT2D eigenvalue weighted by atomic mass is 31.2. The smallest absolute Gasteiger partial charge is 0.462 e. The van der Waals surface area contributed by atoms with Crippen LogP contribution in [-0.2, 0) is 65.4 Å². The molecule has 19 heteroatoms. The van der Waals surface area contributed by atoms with E-state index in [2.05, 4.69) is 64.2 Å². The van der Waals surface area contributed by atoms with Crippen LogP contribution in [0.15, 0.2) is 48.6 Å². The minimum absolute atomic E-state index is 0.0918. The highest BCUT2D eigenvalue weighted by molar-refractivity contribution is 7.47. The summed E-state index contributed by atoms with van der Waals surface area (Å²) in [4.78, 5) is 73.2. The minimum Gasteiger partial charge on any atom is -0.462 e. The van der Waals surface area contributed by atoms with Crippen LogP contribution >= 0.6 is 15.6 Å². The van der Waals surface area contributed by atoms with Crippen LogP contribution in [-0.4, -0.2) is 96.7 Å². The van der Waals surface area contributed by atoms with Gasteiger partial charge in [0.15, 0.2) is 12.2 Å². The summed E-state index contributed by atoms with van der Waals surface area (Å²) in [6, 6.07) is 0. The molecule has 0 amide bonds. The van der Waals surface area contributed by atoms with Gasteiger partial charge in [0.25, 0.3) is 0 Å². The lowest BCUT2D eigenvalue weighted by Gasteiger charge is -2.21. The lowest BCUT2D eigenvalue weighted by atomic mass is 10.0. The molecular formula is C87H162O17P2. The number of esters is 4. The molecule has 0 aliphatic heterocycles. The lowest BCUT2D eigenvalue weighted by Crippen LogP contribution is -2.30. The topological polar surface area (TPSA) is 237 Å². The van der Waals surface area contributed by atoms with E-state index in [1.807, 2.05) is 12.2 Å². The number of ether oxygens (including phenoxy) is 4. The number of hydrogen-bond acceptors (Lipinski definition) is 15. The van der Waals surface area contributed by atoms with Crippen LogP contribution in [0.3, 0.4) is 0 Å². The molecule has 0 saturated heterocycles. The summed E-state index contributed by atoms with van der Waals surface area (Å²) in [5.41, 5.74) is 0. The van der Waals surface area contributed by atoms with E-state index in [1.54, 1.807) is 0 Å². The summed E-state index contributed by atoms with van der Waals surface area (Å²) in [6.07, 6.45) is 80.7. The third kappa shape index (κ3) is 79.1. The summed E-state index contributed by atoms with van der Waals surface area (Å²) < 4.78 is 68.8. The second-order valence-corrected chi connectivity index (χ2v) is 32.8. The molecule has 5 atom stereocenters. The Morgan fingerprint density at radius 2 is 0.472 bits per heavy atom. The maximum Gasteiger partial charge on any atom is 0.472 e. The molecule has 622 valence electrons. The van der Waals surface area contributed by atoms with Gasteiger partial charge in [-0.15, -0.1) is 0 Å². The Hall–Kier alpha value is -2.98. The Morgan fingerprint density at radius 1 is 0.264 bits per heavy atom. The Bertz CT molecular complexity index is 2190. The van der Waals surface area contributed by atoms with E-state index in [0.29, 0.717) is 32.1 Å². The average molecular weight is 1540 g/mol. The molecule has 0 heterocycles. The highest BCUT2D eigenvalue weighted by Crippen LogP contribution is 2.45. The van der Waals surface area contributed by atoms with Crippen LogP contribution in [0, 0.1) is 0 Å². The van der Waals surface area contributed by atoms with Crippen LogP contribution in [0.2, 0.25) is 0 Å². The Kier molecular flexibility index (Phi) is 77.8. The summed E-state index contributed by atoms with van der Waals surface area (Å²) in [5, 5.41) is 10.7. The Labute approximate surface area is 648 Å². The number of phosphoric ester groups is 2. The van der Waals surface area contributed by atoms with Crippen LogP contribution in [0.25, 0.3) is 0 Å². The molecule has 0 bridgehead atoms. The van der Waals surface area contributed by atoms with Crippen LogP contribution in [0.1, 0.15) is 426 Å². The molecule has 0 rings (SSSR count). The minimum atomic E-state index is -4.98. The summed E-state index contributed by atoms with van der Waals surface area (Å²) in [5.74, 6) is -2.18. The van der Waals surface area contributed by atoms with Crippen molar-refractivity contribution in [2.45, 2.75) is 444 Å². The predicted octanol–water partition coefficient (Wildman–Crippen LogP) is 26.0. The first-order valence-corrected chi connectivity index (χ1v) is 46.9. The van der Waals surface area contributed by atoms with E-state index >= 15 is 0 Å². The number of hydrogen-bond donors (Lipinski definition) is 3. The van der Waals surface area contributed by atoms with Gasteiger partial charge in [-0.05, 0) is 64.2 Å². The zero-order chi connectivity index (χ0) is 77.4. The van der Waals surface area contributed by atoms with Gasteiger partial charge in [0.2, 0.25) is 0 Å². The molecule has 0 radical (unpaired) electrons. The summed E-state index contributed by atoms with van der Waals surface area (Å²) >= 11 is 0. The van der Waals surface area contributed by atoms with Crippen LogP contribution < -0.4 is 0 Å². The van der Waals surface area contributed by atoms with E-state index in [-0.39, 0.29) is 25.7 Å². The quantitative estimate of drug-likeness (QED) is 0.0169. The molecule has 0 aromatic carbocycles. The first-order chi connectivity index (χ1) is 51.7. The van der Waals surface area contributed by atoms with Gasteiger partial charge >= 0.3 is 39.5 Å². The molecule has 0 aromatic heterocycles. The molecule has 0 aliphatic rings. The predicted molar refractivity (Wildman–Crippen MR) is 437 cm³/mol. The summed E-state index contributed by atoms with van der Waals surface area (Å²) in [7, 11) is -9.96. The van der Waals surface area contributed by atoms with E-state index in [1.165, 1.54) is 244 Å². The second kappa shape index (κ2) is 80.1. The van der Waals surface area contributed by atoms with Crippen molar-refractivity contribution in [3.63, 3.8) is 0 Å². The van der Waals surface area contributed by atoms with Gasteiger partial charge in [-0.25, -0.2) is 9.13 Å². The monoisotopic (exact) mass is 1540 g/mol. The van der Waals surface area contributed by atoms with Gasteiger partial charge in [0.1, 0.15) is 19.3 Å². The maximum absolute atomic E-state index is 13.1. The van der Waals surface area contributed by atoms with Gasteiger partial charge < -0.3 is 33.8 Å². The Morgan fingerprint density at radius 3 is 0.745 bits per heavy atom. The SMILES string of the molecule is CCCCC/C=C\C/C=C\C/C=C\C/C=C\CCCC(=O)OC[C@H](COP(=O)(O)OC[C@@H](O)COP(=O)(O)OC[C@@H](COC(=O)CCCCCCCCCCCCCCCCCCC)OC(=O)CCCCCCCCCCCCCCCCC)OC(=O)CCCCCCCCCCCCCCCCCCC. The molecule has 0 spiro atoms.